The van der Waals surface area contributed by atoms with E-state index in [4.69, 9.17) is 11.6 Å². The number of nitrogens with one attached hydrogen (secondary N) is 1. The molecule has 6 heteroatoms. The summed E-state index contributed by atoms with van der Waals surface area (Å²) < 4.78 is 13.5. The van der Waals surface area contributed by atoms with Gasteiger partial charge in [0, 0.05) is 5.38 Å². The minimum atomic E-state index is -0.356. The molecule has 0 aliphatic carbocycles. The molecule has 0 amide bonds. The lowest BCUT2D eigenvalue weighted by Gasteiger charge is -2.04. The number of benzene rings is 1. The van der Waals surface area contributed by atoms with Crippen molar-refractivity contribution in [3.8, 4) is 0 Å². The van der Waals surface area contributed by atoms with Gasteiger partial charge in [0.15, 0.2) is 5.13 Å². The van der Waals surface area contributed by atoms with Crippen LogP contribution in [0.4, 0.5) is 15.2 Å². The number of halogens is 3. The van der Waals surface area contributed by atoms with Crippen LogP contribution >= 0.6 is 38.9 Å². The van der Waals surface area contributed by atoms with E-state index in [9.17, 15) is 4.39 Å². The van der Waals surface area contributed by atoms with Crippen molar-refractivity contribution in [2.24, 2.45) is 0 Å². The third-order valence-electron chi connectivity index (χ3n) is 1.65. The Morgan fingerprint density at radius 1 is 1.47 bits per heavy atom. The second kappa shape index (κ2) is 4.47. The van der Waals surface area contributed by atoms with E-state index in [0.717, 1.165) is 4.60 Å². The first-order valence-corrected chi connectivity index (χ1v) is 6.03. The largest absolute Gasteiger partial charge is 0.330 e. The van der Waals surface area contributed by atoms with Gasteiger partial charge < -0.3 is 5.32 Å². The van der Waals surface area contributed by atoms with Crippen molar-refractivity contribution in [1.29, 1.82) is 0 Å². The smallest absolute Gasteiger partial charge is 0.188 e. The minimum Gasteiger partial charge on any atom is -0.330 e. The maximum absolute atomic E-state index is 12.8. The summed E-state index contributed by atoms with van der Waals surface area (Å²) in [5.74, 6) is -0.356. The van der Waals surface area contributed by atoms with E-state index in [0.29, 0.717) is 15.8 Å². The molecule has 2 rings (SSSR count). The molecule has 0 spiro atoms. The van der Waals surface area contributed by atoms with Crippen LogP contribution in [-0.4, -0.2) is 4.98 Å². The molecule has 15 heavy (non-hydrogen) atoms. The zero-order chi connectivity index (χ0) is 10.8. The molecule has 0 aliphatic heterocycles. The second-order valence-corrected chi connectivity index (χ2v) is 4.80. The van der Waals surface area contributed by atoms with Gasteiger partial charge in [0.2, 0.25) is 0 Å². The summed E-state index contributed by atoms with van der Waals surface area (Å²) >= 11 is 10.5. The fourth-order valence-corrected chi connectivity index (χ4v) is 2.39. The quantitative estimate of drug-likeness (QED) is 0.887. The topological polar surface area (TPSA) is 24.9 Å². The Labute approximate surface area is 103 Å². The SMILES string of the molecule is Fc1ccc(Nc2nc(Br)cs2)c(Cl)c1. The van der Waals surface area contributed by atoms with Gasteiger partial charge in [0.05, 0.1) is 10.7 Å². The van der Waals surface area contributed by atoms with Crippen LogP contribution in [0.3, 0.4) is 0 Å². The third kappa shape index (κ3) is 2.68. The highest BCUT2D eigenvalue weighted by atomic mass is 79.9. The number of nitrogens with zero attached hydrogens (tertiary/aromatic N) is 1. The first-order chi connectivity index (χ1) is 7.15. The summed E-state index contributed by atoms with van der Waals surface area (Å²) in [5, 5.41) is 5.88. The maximum Gasteiger partial charge on any atom is 0.188 e. The van der Waals surface area contributed by atoms with Gasteiger partial charge in [-0.3, -0.25) is 0 Å². The van der Waals surface area contributed by atoms with Crippen LogP contribution in [-0.2, 0) is 0 Å². The number of thiazole rings is 1. The molecular formula is C9H5BrClFN2S. The summed E-state index contributed by atoms with van der Waals surface area (Å²) in [7, 11) is 0. The number of anilines is 2. The summed E-state index contributed by atoms with van der Waals surface area (Å²) in [6.07, 6.45) is 0. The molecule has 1 aromatic carbocycles. The lowest BCUT2D eigenvalue weighted by atomic mass is 10.3. The number of aromatic nitrogens is 1. The standard InChI is InChI=1S/C9H5BrClFN2S/c10-8-4-15-9(14-8)13-7-2-1-5(12)3-6(7)11/h1-4H,(H,13,14). The normalized spacial score (nSPS) is 10.3. The molecule has 1 N–H and O–H groups in total. The van der Waals surface area contributed by atoms with Crippen molar-refractivity contribution in [1.82, 2.24) is 4.98 Å². The molecule has 0 fully saturated rings. The molecule has 78 valence electrons. The molecule has 0 atom stereocenters. The Kier molecular flexibility index (Phi) is 3.23. The molecule has 0 radical (unpaired) electrons. The number of hydrogen-bond donors (Lipinski definition) is 1. The second-order valence-electron chi connectivity index (χ2n) is 2.72. The van der Waals surface area contributed by atoms with Crippen molar-refractivity contribution in [2.45, 2.75) is 0 Å². The fourth-order valence-electron chi connectivity index (χ4n) is 1.02. The molecule has 1 heterocycles. The molecule has 2 aromatic rings. The van der Waals surface area contributed by atoms with Crippen LogP contribution in [0.1, 0.15) is 0 Å². The van der Waals surface area contributed by atoms with Crippen LogP contribution in [0.25, 0.3) is 0 Å². The maximum atomic E-state index is 12.8. The molecule has 0 saturated heterocycles. The van der Waals surface area contributed by atoms with Crippen molar-refractivity contribution in [3.05, 3.63) is 39.0 Å². The molecule has 0 unspecified atom stereocenters. The molecular weight excluding hydrogens is 303 g/mol. The van der Waals surface area contributed by atoms with Crippen LogP contribution in [0.15, 0.2) is 28.2 Å². The highest BCUT2D eigenvalue weighted by Gasteiger charge is 2.04. The monoisotopic (exact) mass is 306 g/mol. The zero-order valence-electron chi connectivity index (χ0n) is 7.30. The first kappa shape index (κ1) is 10.9. The predicted octanol–water partition coefficient (Wildman–Crippen LogP) is 4.44. The average Bonchev–Trinajstić information content (AvgIpc) is 2.56. The van der Waals surface area contributed by atoms with E-state index in [1.807, 2.05) is 5.38 Å². The summed E-state index contributed by atoms with van der Waals surface area (Å²) in [6.45, 7) is 0. The van der Waals surface area contributed by atoms with Gasteiger partial charge in [-0.1, -0.05) is 11.6 Å². The lowest BCUT2D eigenvalue weighted by Crippen LogP contribution is -1.90. The Hall–Kier alpha value is -0.650. The molecule has 1 aromatic heterocycles. The van der Waals surface area contributed by atoms with Crippen molar-refractivity contribution in [3.63, 3.8) is 0 Å². The third-order valence-corrected chi connectivity index (χ3v) is 3.43. The van der Waals surface area contributed by atoms with Crippen molar-refractivity contribution < 1.29 is 4.39 Å². The van der Waals surface area contributed by atoms with Crippen molar-refractivity contribution >= 4 is 49.7 Å². The highest BCUT2D eigenvalue weighted by Crippen LogP contribution is 2.28. The fraction of sp³-hybridized carbons (Fsp3) is 0. The van der Waals surface area contributed by atoms with Gasteiger partial charge in [-0.25, -0.2) is 9.37 Å². The Bertz CT molecular complexity index is 489. The van der Waals surface area contributed by atoms with Gasteiger partial charge in [-0.2, -0.15) is 0 Å². The lowest BCUT2D eigenvalue weighted by molar-refractivity contribution is 0.628. The van der Waals surface area contributed by atoms with E-state index in [1.54, 1.807) is 6.07 Å². The van der Waals surface area contributed by atoms with Crippen LogP contribution < -0.4 is 5.32 Å². The zero-order valence-corrected chi connectivity index (χ0v) is 10.5. The van der Waals surface area contributed by atoms with E-state index in [1.165, 1.54) is 23.5 Å². The van der Waals surface area contributed by atoms with Gasteiger partial charge in [0.25, 0.3) is 0 Å². The van der Waals surface area contributed by atoms with E-state index < -0.39 is 0 Å². The van der Waals surface area contributed by atoms with Crippen LogP contribution in [0.2, 0.25) is 5.02 Å². The van der Waals surface area contributed by atoms with Gasteiger partial charge >= 0.3 is 0 Å². The Morgan fingerprint density at radius 3 is 2.87 bits per heavy atom. The summed E-state index contributed by atoms with van der Waals surface area (Å²) in [5.41, 5.74) is 0.639. The predicted molar refractivity (Wildman–Crippen MR) is 64.5 cm³/mol. The number of hydrogen-bond acceptors (Lipinski definition) is 3. The minimum absolute atomic E-state index is 0.335. The Balaban J connectivity index is 2.24. The average molecular weight is 308 g/mol. The highest BCUT2D eigenvalue weighted by molar-refractivity contribution is 9.10. The van der Waals surface area contributed by atoms with E-state index in [-0.39, 0.29) is 5.82 Å². The van der Waals surface area contributed by atoms with Gasteiger partial charge in [0.1, 0.15) is 10.4 Å². The van der Waals surface area contributed by atoms with Crippen molar-refractivity contribution in [2.75, 3.05) is 5.32 Å². The van der Waals surface area contributed by atoms with Gasteiger partial charge in [-0.15, -0.1) is 11.3 Å². The summed E-state index contributed by atoms with van der Waals surface area (Å²) in [6, 6.07) is 4.18. The Morgan fingerprint density at radius 2 is 2.27 bits per heavy atom. The van der Waals surface area contributed by atoms with Gasteiger partial charge in [-0.05, 0) is 34.1 Å². The molecule has 0 aliphatic rings. The van der Waals surface area contributed by atoms with E-state index >= 15 is 0 Å². The number of rotatable bonds is 2. The molecule has 0 bridgehead atoms. The first-order valence-electron chi connectivity index (χ1n) is 3.98. The van der Waals surface area contributed by atoms with Crippen LogP contribution in [0.5, 0.6) is 0 Å². The van der Waals surface area contributed by atoms with E-state index in [2.05, 4.69) is 26.2 Å². The molecule has 2 nitrogen and oxygen atoms in total. The molecule has 0 saturated carbocycles. The summed E-state index contributed by atoms with van der Waals surface area (Å²) in [4.78, 5) is 4.14. The van der Waals surface area contributed by atoms with Crippen LogP contribution in [0, 0.1) is 5.82 Å².